The summed E-state index contributed by atoms with van der Waals surface area (Å²) in [5.41, 5.74) is 1.90. The Kier molecular flexibility index (Phi) is 4.77. The molecule has 1 aliphatic heterocycles. The van der Waals surface area contributed by atoms with Crippen LogP contribution >= 0.6 is 0 Å². The van der Waals surface area contributed by atoms with Crippen LogP contribution in [0.3, 0.4) is 0 Å². The van der Waals surface area contributed by atoms with Crippen LogP contribution in [0.25, 0.3) is 0 Å². The number of aliphatic carboxylic acids is 1. The van der Waals surface area contributed by atoms with E-state index in [0.717, 1.165) is 25.8 Å². The summed E-state index contributed by atoms with van der Waals surface area (Å²) >= 11 is 0. The number of carbonyl (C=O) groups excluding carboxylic acids is 1. The first kappa shape index (κ1) is 14.6. The maximum Gasteiger partial charge on any atom is 0.303 e. The Hall–Kier alpha value is -1.84. The summed E-state index contributed by atoms with van der Waals surface area (Å²) in [5, 5.41) is 8.86. The fourth-order valence-corrected chi connectivity index (χ4v) is 2.73. The average molecular weight is 275 g/mol. The van der Waals surface area contributed by atoms with Crippen molar-refractivity contribution in [3.05, 3.63) is 35.4 Å². The molecule has 1 atom stereocenters. The number of hydrogen-bond acceptors (Lipinski definition) is 2. The highest BCUT2D eigenvalue weighted by atomic mass is 16.4. The van der Waals surface area contributed by atoms with Crippen LogP contribution in [0.1, 0.15) is 42.1 Å². The number of likely N-dealkylation sites (tertiary alicyclic amines) is 1. The number of amides is 1. The first-order chi connectivity index (χ1) is 9.60. The predicted molar refractivity (Wildman–Crippen MR) is 76.7 cm³/mol. The molecule has 108 valence electrons. The van der Waals surface area contributed by atoms with E-state index in [9.17, 15) is 9.59 Å². The Bertz CT molecular complexity index is 481. The average Bonchev–Trinajstić information content (AvgIpc) is 2.46. The van der Waals surface area contributed by atoms with E-state index in [1.807, 2.05) is 24.3 Å². The van der Waals surface area contributed by atoms with E-state index in [0.29, 0.717) is 12.1 Å². The van der Waals surface area contributed by atoms with Crippen molar-refractivity contribution in [2.24, 2.45) is 5.92 Å². The monoisotopic (exact) mass is 275 g/mol. The molecule has 1 N–H and O–H groups in total. The molecule has 4 heteroatoms. The highest BCUT2D eigenvalue weighted by Gasteiger charge is 2.25. The summed E-state index contributed by atoms with van der Waals surface area (Å²) in [6.07, 6.45) is 2.89. The molecule has 1 saturated heterocycles. The van der Waals surface area contributed by atoms with E-state index in [4.69, 9.17) is 5.11 Å². The fourth-order valence-electron chi connectivity index (χ4n) is 2.73. The first-order valence-electron chi connectivity index (χ1n) is 7.20. The zero-order valence-corrected chi connectivity index (χ0v) is 11.8. The van der Waals surface area contributed by atoms with Crippen molar-refractivity contribution in [2.75, 3.05) is 13.1 Å². The zero-order valence-electron chi connectivity index (χ0n) is 11.8. The lowest BCUT2D eigenvalue weighted by atomic mass is 9.94. The number of hydrogen-bond donors (Lipinski definition) is 1. The molecule has 1 unspecified atom stereocenters. The van der Waals surface area contributed by atoms with Crippen molar-refractivity contribution in [1.29, 1.82) is 0 Å². The SMILES string of the molecule is CCc1ccc(C(=O)N2CCCC(CC(=O)O)C2)cc1. The van der Waals surface area contributed by atoms with Crippen LogP contribution in [-0.4, -0.2) is 35.0 Å². The van der Waals surface area contributed by atoms with Crippen molar-refractivity contribution in [1.82, 2.24) is 4.90 Å². The summed E-state index contributed by atoms with van der Waals surface area (Å²) in [6, 6.07) is 7.68. The predicted octanol–water partition coefficient (Wildman–Crippen LogP) is 2.58. The highest BCUT2D eigenvalue weighted by Crippen LogP contribution is 2.21. The molecule has 0 aromatic heterocycles. The standard InChI is InChI=1S/C16H21NO3/c1-2-12-5-7-14(8-6-12)16(20)17-9-3-4-13(11-17)10-15(18)19/h5-8,13H,2-4,9-11H2,1H3,(H,18,19). The molecule has 0 spiro atoms. The minimum Gasteiger partial charge on any atom is -0.481 e. The molecule has 0 bridgehead atoms. The van der Waals surface area contributed by atoms with Crippen LogP contribution in [0.4, 0.5) is 0 Å². The molecular weight excluding hydrogens is 254 g/mol. The third-order valence-electron chi connectivity index (χ3n) is 3.88. The topological polar surface area (TPSA) is 57.6 Å². The Labute approximate surface area is 119 Å². The van der Waals surface area contributed by atoms with Gasteiger partial charge in [-0.2, -0.15) is 0 Å². The lowest BCUT2D eigenvalue weighted by Crippen LogP contribution is -2.40. The molecule has 1 aromatic carbocycles. The summed E-state index contributed by atoms with van der Waals surface area (Å²) in [5.74, 6) is -0.681. The molecule has 1 amide bonds. The van der Waals surface area contributed by atoms with E-state index in [2.05, 4.69) is 6.92 Å². The molecule has 0 radical (unpaired) electrons. The van der Waals surface area contributed by atoms with Gasteiger partial charge in [0.25, 0.3) is 5.91 Å². The molecule has 1 aliphatic rings. The van der Waals surface area contributed by atoms with Gasteiger partial charge in [0.15, 0.2) is 0 Å². The molecule has 1 fully saturated rings. The Morgan fingerprint density at radius 3 is 2.60 bits per heavy atom. The number of piperidine rings is 1. The van der Waals surface area contributed by atoms with Crippen molar-refractivity contribution >= 4 is 11.9 Å². The molecule has 4 nitrogen and oxygen atoms in total. The number of benzene rings is 1. The van der Waals surface area contributed by atoms with E-state index >= 15 is 0 Å². The van der Waals surface area contributed by atoms with Crippen LogP contribution in [0.15, 0.2) is 24.3 Å². The minimum absolute atomic E-state index is 0.0164. The van der Waals surface area contributed by atoms with Gasteiger partial charge in [-0.15, -0.1) is 0 Å². The van der Waals surface area contributed by atoms with E-state index in [-0.39, 0.29) is 18.2 Å². The number of rotatable bonds is 4. The lowest BCUT2D eigenvalue weighted by molar-refractivity contribution is -0.138. The number of carbonyl (C=O) groups is 2. The Morgan fingerprint density at radius 2 is 2.00 bits per heavy atom. The van der Waals surface area contributed by atoms with Gasteiger partial charge in [-0.25, -0.2) is 0 Å². The third-order valence-corrected chi connectivity index (χ3v) is 3.88. The summed E-state index contributed by atoms with van der Waals surface area (Å²) in [7, 11) is 0. The second kappa shape index (κ2) is 6.55. The van der Waals surface area contributed by atoms with Gasteiger partial charge in [0.1, 0.15) is 0 Å². The van der Waals surface area contributed by atoms with Crippen LogP contribution < -0.4 is 0 Å². The van der Waals surface area contributed by atoms with Crippen molar-refractivity contribution in [2.45, 2.75) is 32.6 Å². The fraction of sp³-hybridized carbons (Fsp3) is 0.500. The van der Waals surface area contributed by atoms with Gasteiger partial charge in [-0.05, 0) is 42.9 Å². The van der Waals surface area contributed by atoms with E-state index in [1.54, 1.807) is 4.90 Å². The summed E-state index contributed by atoms with van der Waals surface area (Å²) in [6.45, 7) is 3.36. The van der Waals surface area contributed by atoms with Crippen LogP contribution in [0.5, 0.6) is 0 Å². The van der Waals surface area contributed by atoms with Gasteiger partial charge in [0, 0.05) is 25.1 Å². The normalized spacial score (nSPS) is 18.9. The molecule has 20 heavy (non-hydrogen) atoms. The number of nitrogens with zero attached hydrogens (tertiary/aromatic N) is 1. The minimum atomic E-state index is -0.781. The maximum atomic E-state index is 12.4. The van der Waals surface area contributed by atoms with Gasteiger partial charge in [-0.3, -0.25) is 9.59 Å². The zero-order chi connectivity index (χ0) is 14.5. The molecule has 1 aromatic rings. The Morgan fingerprint density at radius 1 is 1.30 bits per heavy atom. The van der Waals surface area contributed by atoms with Crippen molar-refractivity contribution in [3.63, 3.8) is 0 Å². The van der Waals surface area contributed by atoms with Crippen LogP contribution in [0, 0.1) is 5.92 Å². The molecular formula is C16H21NO3. The third kappa shape index (κ3) is 3.59. The van der Waals surface area contributed by atoms with Gasteiger partial charge in [-0.1, -0.05) is 19.1 Å². The molecule has 1 heterocycles. The van der Waals surface area contributed by atoms with Crippen LogP contribution in [0.2, 0.25) is 0 Å². The van der Waals surface area contributed by atoms with E-state index < -0.39 is 5.97 Å². The van der Waals surface area contributed by atoms with E-state index in [1.165, 1.54) is 5.56 Å². The second-order valence-electron chi connectivity index (χ2n) is 5.41. The molecule has 0 saturated carbocycles. The lowest BCUT2D eigenvalue weighted by Gasteiger charge is -2.32. The largest absolute Gasteiger partial charge is 0.481 e. The number of carboxylic acid groups (broad SMARTS) is 1. The maximum absolute atomic E-state index is 12.4. The number of carboxylic acids is 1. The smallest absolute Gasteiger partial charge is 0.303 e. The summed E-state index contributed by atoms with van der Waals surface area (Å²) < 4.78 is 0. The quantitative estimate of drug-likeness (QED) is 0.918. The second-order valence-corrected chi connectivity index (χ2v) is 5.41. The molecule has 2 rings (SSSR count). The van der Waals surface area contributed by atoms with Crippen molar-refractivity contribution < 1.29 is 14.7 Å². The van der Waals surface area contributed by atoms with Crippen LogP contribution in [-0.2, 0) is 11.2 Å². The van der Waals surface area contributed by atoms with Crippen molar-refractivity contribution in [3.8, 4) is 0 Å². The molecule has 0 aliphatic carbocycles. The number of aryl methyl sites for hydroxylation is 1. The van der Waals surface area contributed by atoms with Gasteiger partial charge >= 0.3 is 5.97 Å². The highest BCUT2D eigenvalue weighted by molar-refractivity contribution is 5.94. The van der Waals surface area contributed by atoms with Gasteiger partial charge < -0.3 is 10.0 Å². The first-order valence-corrected chi connectivity index (χ1v) is 7.20. The Balaban J connectivity index is 2.02. The van der Waals surface area contributed by atoms with Gasteiger partial charge in [0.2, 0.25) is 0 Å². The summed E-state index contributed by atoms with van der Waals surface area (Å²) in [4.78, 5) is 25.0. The van der Waals surface area contributed by atoms with Gasteiger partial charge in [0.05, 0.1) is 0 Å².